The van der Waals surface area contributed by atoms with E-state index in [0.29, 0.717) is 5.69 Å². The first-order chi connectivity index (χ1) is 7.98. The molecular formula is C11H19ClN2O2S2. The molecule has 0 aliphatic rings. The summed E-state index contributed by atoms with van der Waals surface area (Å²) in [5.74, 6) is 0. The predicted octanol–water partition coefficient (Wildman–Crippen LogP) is 3.16. The standard InChI is InChI=1S/C11H19ClN2O2S2/c1-7-9(17-10(12)13-7)18(15,16)14(6)8(2)11(3,4)5/h8H,1-6H3. The van der Waals surface area contributed by atoms with Crippen molar-refractivity contribution in [3.63, 3.8) is 0 Å². The van der Waals surface area contributed by atoms with Crippen LogP contribution in [-0.2, 0) is 10.0 Å². The van der Waals surface area contributed by atoms with Gasteiger partial charge in [-0.3, -0.25) is 0 Å². The van der Waals surface area contributed by atoms with Crippen molar-refractivity contribution in [1.29, 1.82) is 0 Å². The first kappa shape index (κ1) is 15.9. The number of nitrogens with zero attached hydrogens (tertiary/aromatic N) is 2. The fourth-order valence-corrected chi connectivity index (χ4v) is 4.92. The van der Waals surface area contributed by atoms with E-state index in [9.17, 15) is 8.42 Å². The lowest BCUT2D eigenvalue weighted by Crippen LogP contribution is -2.42. The minimum atomic E-state index is -3.53. The highest BCUT2D eigenvalue weighted by Gasteiger charge is 2.34. The molecule has 0 radical (unpaired) electrons. The van der Waals surface area contributed by atoms with E-state index in [-0.39, 0.29) is 20.1 Å². The Morgan fingerprint density at radius 1 is 1.39 bits per heavy atom. The largest absolute Gasteiger partial charge is 0.254 e. The zero-order chi connectivity index (χ0) is 14.3. The molecular weight excluding hydrogens is 292 g/mol. The van der Waals surface area contributed by atoms with Crippen molar-refractivity contribution in [3.8, 4) is 0 Å². The molecule has 4 nitrogen and oxygen atoms in total. The van der Waals surface area contributed by atoms with E-state index in [1.54, 1.807) is 14.0 Å². The molecule has 0 saturated carbocycles. The van der Waals surface area contributed by atoms with Gasteiger partial charge < -0.3 is 0 Å². The van der Waals surface area contributed by atoms with Crippen molar-refractivity contribution in [2.45, 2.75) is 44.9 Å². The van der Waals surface area contributed by atoms with Crippen LogP contribution in [0.5, 0.6) is 0 Å². The fraction of sp³-hybridized carbons (Fsp3) is 0.727. The monoisotopic (exact) mass is 310 g/mol. The first-order valence-electron chi connectivity index (χ1n) is 5.59. The Morgan fingerprint density at radius 3 is 2.22 bits per heavy atom. The highest BCUT2D eigenvalue weighted by Crippen LogP contribution is 2.32. The summed E-state index contributed by atoms with van der Waals surface area (Å²) in [6, 6.07) is -0.122. The second kappa shape index (κ2) is 5.07. The maximum Gasteiger partial charge on any atom is 0.254 e. The summed E-state index contributed by atoms with van der Waals surface area (Å²) in [6.07, 6.45) is 0. The molecule has 0 fully saturated rings. The number of hydrogen-bond acceptors (Lipinski definition) is 4. The third-order valence-corrected chi connectivity index (χ3v) is 6.92. The van der Waals surface area contributed by atoms with Crippen LogP contribution in [0.3, 0.4) is 0 Å². The minimum Gasteiger partial charge on any atom is -0.229 e. The van der Waals surface area contributed by atoms with Gasteiger partial charge in [-0.25, -0.2) is 13.4 Å². The topological polar surface area (TPSA) is 50.3 Å². The number of halogens is 1. The lowest BCUT2D eigenvalue weighted by atomic mass is 9.88. The Bertz CT molecular complexity index is 532. The van der Waals surface area contributed by atoms with Gasteiger partial charge in [-0.1, -0.05) is 43.7 Å². The van der Waals surface area contributed by atoms with Crippen molar-refractivity contribution in [1.82, 2.24) is 9.29 Å². The highest BCUT2D eigenvalue weighted by atomic mass is 35.5. The average molecular weight is 311 g/mol. The van der Waals surface area contributed by atoms with E-state index in [1.807, 2.05) is 27.7 Å². The van der Waals surface area contributed by atoms with Gasteiger partial charge in [-0.2, -0.15) is 4.31 Å². The third-order valence-electron chi connectivity index (χ3n) is 3.14. The zero-order valence-corrected chi connectivity index (χ0v) is 13.9. The molecule has 0 saturated heterocycles. The SMILES string of the molecule is Cc1nc(Cl)sc1S(=O)(=O)N(C)C(C)C(C)(C)C. The lowest BCUT2D eigenvalue weighted by molar-refractivity contribution is 0.216. The molecule has 0 aliphatic heterocycles. The molecule has 1 unspecified atom stereocenters. The van der Waals surface area contributed by atoms with Crippen LogP contribution < -0.4 is 0 Å². The number of sulfonamides is 1. The van der Waals surface area contributed by atoms with Crippen LogP contribution in [0.15, 0.2) is 4.21 Å². The maximum absolute atomic E-state index is 12.5. The van der Waals surface area contributed by atoms with Gasteiger partial charge in [0.15, 0.2) is 8.68 Å². The number of hydrogen-bond donors (Lipinski definition) is 0. The second-order valence-corrected chi connectivity index (χ2v) is 9.18. The molecule has 0 spiro atoms. The van der Waals surface area contributed by atoms with Crippen LogP contribution in [0.4, 0.5) is 0 Å². The van der Waals surface area contributed by atoms with Gasteiger partial charge in [0, 0.05) is 13.1 Å². The van der Waals surface area contributed by atoms with E-state index in [0.717, 1.165) is 11.3 Å². The fourth-order valence-electron chi connectivity index (χ4n) is 1.47. The molecule has 0 aliphatic carbocycles. The number of thiazole rings is 1. The molecule has 1 aromatic rings. The Kier molecular flexibility index (Phi) is 4.48. The van der Waals surface area contributed by atoms with Crippen molar-refractivity contribution in [3.05, 3.63) is 10.2 Å². The molecule has 0 N–H and O–H groups in total. The van der Waals surface area contributed by atoms with E-state index in [1.165, 1.54) is 4.31 Å². The van der Waals surface area contributed by atoms with Crippen molar-refractivity contribution in [2.24, 2.45) is 5.41 Å². The van der Waals surface area contributed by atoms with Crippen LogP contribution in [0.25, 0.3) is 0 Å². The predicted molar refractivity (Wildman–Crippen MR) is 75.7 cm³/mol. The van der Waals surface area contributed by atoms with Gasteiger partial charge in [-0.15, -0.1) is 0 Å². The van der Waals surface area contributed by atoms with Gasteiger partial charge in [0.05, 0.1) is 5.69 Å². The highest BCUT2D eigenvalue weighted by molar-refractivity contribution is 7.91. The van der Waals surface area contributed by atoms with Crippen LogP contribution in [0.1, 0.15) is 33.4 Å². The molecule has 18 heavy (non-hydrogen) atoms. The normalized spacial score (nSPS) is 15.1. The van der Waals surface area contributed by atoms with Gasteiger partial charge in [0.25, 0.3) is 10.0 Å². The summed E-state index contributed by atoms with van der Waals surface area (Å²) in [5.41, 5.74) is 0.322. The summed E-state index contributed by atoms with van der Waals surface area (Å²) in [6.45, 7) is 9.59. The Labute approximate surface area is 118 Å². The summed E-state index contributed by atoms with van der Waals surface area (Å²) < 4.78 is 26.9. The number of aromatic nitrogens is 1. The van der Waals surface area contributed by atoms with Crippen molar-refractivity contribution >= 4 is 33.0 Å². The molecule has 1 atom stereocenters. The first-order valence-corrected chi connectivity index (χ1v) is 8.22. The van der Waals surface area contributed by atoms with Crippen molar-refractivity contribution < 1.29 is 8.42 Å². The van der Waals surface area contributed by atoms with Gasteiger partial charge >= 0.3 is 0 Å². The van der Waals surface area contributed by atoms with Gasteiger partial charge in [0.1, 0.15) is 0 Å². The summed E-state index contributed by atoms with van der Waals surface area (Å²) in [7, 11) is -1.93. The third kappa shape index (κ3) is 3.04. The Balaban J connectivity index is 3.19. The molecule has 0 amide bonds. The van der Waals surface area contributed by atoms with Crippen LogP contribution in [0.2, 0.25) is 4.47 Å². The molecule has 1 aromatic heterocycles. The molecule has 104 valence electrons. The Hall–Kier alpha value is -0.170. The second-order valence-electron chi connectivity index (χ2n) is 5.40. The number of aryl methyl sites for hydroxylation is 1. The van der Waals surface area contributed by atoms with E-state index < -0.39 is 10.0 Å². The average Bonchev–Trinajstić information content (AvgIpc) is 2.54. The van der Waals surface area contributed by atoms with E-state index in [4.69, 9.17) is 11.6 Å². The molecule has 1 rings (SSSR count). The Morgan fingerprint density at radius 2 is 1.89 bits per heavy atom. The number of rotatable bonds is 3. The van der Waals surface area contributed by atoms with Crippen molar-refractivity contribution in [2.75, 3.05) is 7.05 Å². The molecule has 1 heterocycles. The molecule has 0 aromatic carbocycles. The minimum absolute atomic E-state index is 0.122. The smallest absolute Gasteiger partial charge is 0.229 e. The lowest BCUT2D eigenvalue weighted by Gasteiger charge is -2.34. The summed E-state index contributed by atoms with van der Waals surface area (Å²) >= 11 is 6.77. The van der Waals surface area contributed by atoms with Gasteiger partial charge in [-0.05, 0) is 19.3 Å². The van der Waals surface area contributed by atoms with E-state index >= 15 is 0 Å². The van der Waals surface area contributed by atoms with Crippen LogP contribution in [-0.4, -0.2) is 30.8 Å². The van der Waals surface area contributed by atoms with Crippen LogP contribution in [0, 0.1) is 12.3 Å². The maximum atomic E-state index is 12.5. The quantitative estimate of drug-likeness (QED) is 0.861. The van der Waals surface area contributed by atoms with Crippen LogP contribution >= 0.6 is 22.9 Å². The van der Waals surface area contributed by atoms with Gasteiger partial charge in [0.2, 0.25) is 0 Å². The summed E-state index contributed by atoms with van der Waals surface area (Å²) in [5, 5.41) is 0. The van der Waals surface area contributed by atoms with E-state index in [2.05, 4.69) is 4.98 Å². The zero-order valence-electron chi connectivity index (χ0n) is 11.5. The molecule has 0 bridgehead atoms. The molecule has 7 heteroatoms. The summed E-state index contributed by atoms with van der Waals surface area (Å²) in [4.78, 5) is 3.96.